The molecular weight excluding hydrogens is 392 g/mol. The zero-order valence-electron chi connectivity index (χ0n) is 17.0. The lowest BCUT2D eigenvalue weighted by molar-refractivity contribution is -0.151. The lowest BCUT2D eigenvalue weighted by Gasteiger charge is -2.42. The number of ether oxygens (including phenoxy) is 3. The number of fused-ring (bicyclic) bond motifs is 3. The van der Waals surface area contributed by atoms with Gasteiger partial charge in [0.1, 0.15) is 29.5 Å². The lowest BCUT2D eigenvalue weighted by Crippen LogP contribution is -2.50. The van der Waals surface area contributed by atoms with E-state index in [4.69, 9.17) is 14.2 Å². The Morgan fingerprint density at radius 1 is 0.967 bits per heavy atom. The molecule has 8 nitrogen and oxygen atoms in total. The van der Waals surface area contributed by atoms with Gasteiger partial charge in [-0.15, -0.1) is 0 Å². The Hall–Kier alpha value is -2.94. The van der Waals surface area contributed by atoms with E-state index in [9.17, 15) is 24.9 Å². The van der Waals surface area contributed by atoms with Crippen LogP contribution in [0.3, 0.4) is 0 Å². The van der Waals surface area contributed by atoms with E-state index in [1.807, 2.05) is 0 Å². The highest BCUT2D eigenvalue weighted by atomic mass is 16.5. The fraction of sp³-hybridized carbons (Fsp3) is 0.364. The minimum atomic E-state index is -1.33. The standard InChI is InChI=1S/C22H22O8/c1-22(27)8-9-5-11-16(18(25)14(9)20(29-3)21(22)30-4)19(26)15-12(17(11)24)6-10(28-2)7-13(15)23/h5-7,20-21,23,25,27H,8H2,1-4H3/t20-,21+,22-/m0/s1. The largest absolute Gasteiger partial charge is 0.507 e. The molecule has 0 unspecified atom stereocenters. The lowest BCUT2D eigenvalue weighted by atomic mass is 9.73. The number of benzene rings is 2. The molecule has 0 bridgehead atoms. The van der Waals surface area contributed by atoms with E-state index in [1.165, 1.54) is 39.5 Å². The third-order valence-corrected chi connectivity index (χ3v) is 5.92. The Morgan fingerprint density at radius 2 is 1.63 bits per heavy atom. The fourth-order valence-corrected chi connectivity index (χ4v) is 4.60. The maximum atomic E-state index is 13.2. The smallest absolute Gasteiger partial charge is 0.201 e. The van der Waals surface area contributed by atoms with E-state index in [2.05, 4.69) is 0 Å². The number of methoxy groups -OCH3 is 3. The van der Waals surface area contributed by atoms with E-state index in [1.54, 1.807) is 6.92 Å². The van der Waals surface area contributed by atoms with Gasteiger partial charge in [0.15, 0.2) is 5.78 Å². The van der Waals surface area contributed by atoms with Crippen molar-refractivity contribution in [2.45, 2.75) is 31.2 Å². The minimum absolute atomic E-state index is 0.00192. The molecule has 3 atom stereocenters. The van der Waals surface area contributed by atoms with Crippen molar-refractivity contribution in [3.05, 3.63) is 51.6 Å². The first-order chi connectivity index (χ1) is 14.2. The predicted octanol–water partition coefficient (Wildman–Crippen LogP) is 1.89. The summed E-state index contributed by atoms with van der Waals surface area (Å²) in [7, 11) is 4.20. The quantitative estimate of drug-likeness (QED) is 0.594. The van der Waals surface area contributed by atoms with Crippen LogP contribution in [0.1, 0.15) is 56.0 Å². The SMILES string of the molecule is COc1cc(O)c2c(c1)C(=O)c1cc3c(c(O)c1C2=O)[C@H](OC)[C@@H](OC)[C@@](C)(O)C3. The number of rotatable bonds is 3. The van der Waals surface area contributed by atoms with Gasteiger partial charge in [-0.1, -0.05) is 0 Å². The molecule has 0 saturated carbocycles. The first-order valence-corrected chi connectivity index (χ1v) is 9.33. The van der Waals surface area contributed by atoms with Crippen molar-refractivity contribution in [3.63, 3.8) is 0 Å². The highest BCUT2D eigenvalue weighted by Gasteiger charge is 2.48. The summed E-state index contributed by atoms with van der Waals surface area (Å²) in [5.41, 5.74) is -0.971. The first-order valence-electron chi connectivity index (χ1n) is 9.33. The number of carbonyl (C=O) groups excluding carboxylic acids is 2. The summed E-state index contributed by atoms with van der Waals surface area (Å²) in [6.45, 7) is 1.58. The molecule has 3 N–H and O–H groups in total. The van der Waals surface area contributed by atoms with Crippen molar-refractivity contribution in [1.29, 1.82) is 0 Å². The van der Waals surface area contributed by atoms with Crippen molar-refractivity contribution in [1.82, 2.24) is 0 Å². The van der Waals surface area contributed by atoms with Crippen LogP contribution >= 0.6 is 0 Å². The van der Waals surface area contributed by atoms with Crippen molar-refractivity contribution in [3.8, 4) is 17.2 Å². The molecule has 158 valence electrons. The molecule has 0 spiro atoms. The number of ketones is 2. The van der Waals surface area contributed by atoms with Crippen molar-refractivity contribution in [2.75, 3.05) is 21.3 Å². The van der Waals surface area contributed by atoms with Gasteiger partial charge in [0.2, 0.25) is 5.78 Å². The molecule has 2 aliphatic rings. The Bertz CT molecular complexity index is 1090. The summed E-state index contributed by atoms with van der Waals surface area (Å²) >= 11 is 0. The van der Waals surface area contributed by atoms with Gasteiger partial charge < -0.3 is 29.5 Å². The number of carbonyl (C=O) groups is 2. The molecule has 0 aliphatic heterocycles. The maximum Gasteiger partial charge on any atom is 0.201 e. The summed E-state index contributed by atoms with van der Waals surface area (Å²) in [6, 6.07) is 4.11. The molecule has 0 fully saturated rings. The van der Waals surface area contributed by atoms with Crippen LogP contribution < -0.4 is 4.74 Å². The summed E-state index contributed by atoms with van der Waals surface area (Å²) in [4.78, 5) is 26.4. The van der Waals surface area contributed by atoms with Crippen LogP contribution in [0.5, 0.6) is 17.2 Å². The number of phenolic OH excluding ortho intramolecular Hbond substituents is 2. The van der Waals surface area contributed by atoms with Gasteiger partial charge >= 0.3 is 0 Å². The van der Waals surface area contributed by atoms with Crippen LogP contribution in [0.4, 0.5) is 0 Å². The van der Waals surface area contributed by atoms with Crippen LogP contribution in [0, 0.1) is 0 Å². The molecule has 0 amide bonds. The Kier molecular flexibility index (Phi) is 4.61. The van der Waals surface area contributed by atoms with Crippen LogP contribution in [0.25, 0.3) is 0 Å². The van der Waals surface area contributed by atoms with Crippen molar-refractivity contribution < 1.29 is 39.1 Å². The number of phenols is 2. The zero-order valence-corrected chi connectivity index (χ0v) is 17.0. The second-order valence-electron chi connectivity index (χ2n) is 7.79. The third kappa shape index (κ3) is 2.64. The second-order valence-corrected chi connectivity index (χ2v) is 7.79. The molecule has 0 heterocycles. The molecular formula is C22H22O8. The van der Waals surface area contributed by atoms with Gasteiger partial charge in [0.25, 0.3) is 0 Å². The first kappa shape index (κ1) is 20.3. The molecule has 0 saturated heterocycles. The fourth-order valence-electron chi connectivity index (χ4n) is 4.60. The average molecular weight is 414 g/mol. The summed E-state index contributed by atoms with van der Waals surface area (Å²) in [6.07, 6.45) is -1.59. The number of aromatic hydroxyl groups is 2. The molecule has 4 rings (SSSR count). The Labute approximate surface area is 172 Å². The van der Waals surface area contributed by atoms with Crippen LogP contribution in [-0.4, -0.2) is 59.9 Å². The highest BCUT2D eigenvalue weighted by molar-refractivity contribution is 6.30. The van der Waals surface area contributed by atoms with E-state index in [0.29, 0.717) is 5.56 Å². The predicted molar refractivity (Wildman–Crippen MR) is 105 cm³/mol. The second kappa shape index (κ2) is 6.80. The molecule has 8 heteroatoms. The zero-order chi connectivity index (χ0) is 22.0. The van der Waals surface area contributed by atoms with Gasteiger partial charge in [-0.3, -0.25) is 9.59 Å². The molecule has 2 aliphatic carbocycles. The topological polar surface area (TPSA) is 123 Å². The molecule has 30 heavy (non-hydrogen) atoms. The Balaban J connectivity index is 1.99. The van der Waals surface area contributed by atoms with E-state index >= 15 is 0 Å². The number of aliphatic hydroxyl groups is 1. The summed E-state index contributed by atoms with van der Waals surface area (Å²) in [5.74, 6) is -1.81. The van der Waals surface area contributed by atoms with Gasteiger partial charge in [-0.25, -0.2) is 0 Å². The van der Waals surface area contributed by atoms with Crippen LogP contribution in [0.15, 0.2) is 18.2 Å². The summed E-state index contributed by atoms with van der Waals surface area (Å²) in [5, 5.41) is 32.3. The van der Waals surface area contributed by atoms with E-state index in [-0.39, 0.29) is 40.0 Å². The summed E-state index contributed by atoms with van der Waals surface area (Å²) < 4.78 is 16.0. The number of hydrogen-bond donors (Lipinski definition) is 3. The van der Waals surface area contributed by atoms with Gasteiger partial charge in [0.05, 0.1) is 23.8 Å². The highest BCUT2D eigenvalue weighted by Crippen LogP contribution is 2.48. The van der Waals surface area contributed by atoms with E-state index in [0.717, 1.165) is 0 Å². The third-order valence-electron chi connectivity index (χ3n) is 5.92. The average Bonchev–Trinajstić information content (AvgIpc) is 2.69. The Morgan fingerprint density at radius 3 is 2.23 bits per heavy atom. The normalized spacial score (nSPS) is 24.8. The van der Waals surface area contributed by atoms with Gasteiger partial charge in [0, 0.05) is 43.4 Å². The van der Waals surface area contributed by atoms with Gasteiger partial charge in [-0.2, -0.15) is 0 Å². The number of hydrogen-bond acceptors (Lipinski definition) is 8. The van der Waals surface area contributed by atoms with Gasteiger partial charge in [-0.05, 0) is 24.6 Å². The minimum Gasteiger partial charge on any atom is -0.507 e. The molecule has 2 aromatic rings. The molecule has 0 radical (unpaired) electrons. The van der Waals surface area contributed by atoms with Crippen molar-refractivity contribution >= 4 is 11.6 Å². The monoisotopic (exact) mass is 414 g/mol. The molecule has 0 aromatic heterocycles. The van der Waals surface area contributed by atoms with Crippen LogP contribution in [0.2, 0.25) is 0 Å². The van der Waals surface area contributed by atoms with E-state index < -0.39 is 40.9 Å². The van der Waals surface area contributed by atoms with Crippen LogP contribution in [-0.2, 0) is 15.9 Å². The van der Waals surface area contributed by atoms with Crippen molar-refractivity contribution in [2.24, 2.45) is 0 Å². The maximum absolute atomic E-state index is 13.2. The molecule has 2 aromatic carbocycles.